The highest BCUT2D eigenvalue weighted by molar-refractivity contribution is 5.46. The third-order valence-corrected chi connectivity index (χ3v) is 3.03. The molecule has 1 aromatic carbocycles. The zero-order chi connectivity index (χ0) is 11.1. The van der Waals surface area contributed by atoms with Crippen LogP contribution in [0.1, 0.15) is 24.0 Å². The van der Waals surface area contributed by atoms with Gasteiger partial charge in [0.15, 0.2) is 0 Å². The molecule has 1 aliphatic carbocycles. The van der Waals surface area contributed by atoms with E-state index in [1.807, 2.05) is 13.0 Å². The van der Waals surface area contributed by atoms with E-state index in [0.29, 0.717) is 5.75 Å². The lowest BCUT2D eigenvalue weighted by Gasteiger charge is -2.13. The molecule has 0 amide bonds. The number of hydrogen-bond donors (Lipinski definition) is 2. The van der Waals surface area contributed by atoms with Gasteiger partial charge in [-0.05, 0) is 49.4 Å². The average molecular weight is 207 g/mol. The van der Waals surface area contributed by atoms with Gasteiger partial charge in [0.1, 0.15) is 11.5 Å². The van der Waals surface area contributed by atoms with Crippen molar-refractivity contribution in [3.05, 3.63) is 23.3 Å². The van der Waals surface area contributed by atoms with Gasteiger partial charge in [-0.1, -0.05) is 0 Å². The minimum atomic E-state index is -0.0856. The van der Waals surface area contributed by atoms with Crippen molar-refractivity contribution in [1.29, 1.82) is 0 Å². The Labute approximate surface area is 89.9 Å². The lowest BCUT2D eigenvalue weighted by Crippen LogP contribution is -2.24. The van der Waals surface area contributed by atoms with Crippen molar-refractivity contribution in [3.63, 3.8) is 0 Å². The highest BCUT2D eigenvalue weighted by Crippen LogP contribution is 2.39. The molecule has 0 heterocycles. The van der Waals surface area contributed by atoms with Crippen LogP contribution in [-0.4, -0.2) is 17.8 Å². The SMILES string of the molecule is COc1cc(CC2(N)CC2)c(O)cc1C. The molecule has 0 saturated heterocycles. The van der Waals surface area contributed by atoms with Crippen molar-refractivity contribution in [2.75, 3.05) is 7.11 Å². The van der Waals surface area contributed by atoms with E-state index in [9.17, 15) is 5.11 Å². The van der Waals surface area contributed by atoms with Crippen molar-refractivity contribution in [3.8, 4) is 11.5 Å². The molecule has 3 nitrogen and oxygen atoms in total. The number of phenolic OH excluding ortho intramolecular Hbond substituents is 1. The van der Waals surface area contributed by atoms with Crippen molar-refractivity contribution in [1.82, 2.24) is 0 Å². The predicted molar refractivity (Wildman–Crippen MR) is 59.3 cm³/mol. The quantitative estimate of drug-likeness (QED) is 0.793. The molecule has 2 rings (SSSR count). The van der Waals surface area contributed by atoms with Crippen molar-refractivity contribution in [2.24, 2.45) is 5.73 Å². The van der Waals surface area contributed by atoms with Crippen LogP contribution in [0.25, 0.3) is 0 Å². The normalized spacial score (nSPS) is 17.5. The molecule has 15 heavy (non-hydrogen) atoms. The number of benzene rings is 1. The maximum Gasteiger partial charge on any atom is 0.122 e. The second-order valence-electron chi connectivity index (χ2n) is 4.49. The van der Waals surface area contributed by atoms with Crippen molar-refractivity contribution in [2.45, 2.75) is 31.7 Å². The molecule has 0 aliphatic heterocycles. The number of phenols is 1. The Morgan fingerprint density at radius 3 is 2.67 bits per heavy atom. The molecule has 1 fully saturated rings. The summed E-state index contributed by atoms with van der Waals surface area (Å²) >= 11 is 0. The third-order valence-electron chi connectivity index (χ3n) is 3.03. The number of aryl methyl sites for hydroxylation is 1. The van der Waals surface area contributed by atoms with Gasteiger partial charge in [0.25, 0.3) is 0 Å². The average Bonchev–Trinajstić information content (AvgIpc) is 2.89. The van der Waals surface area contributed by atoms with Crippen LogP contribution < -0.4 is 10.5 Å². The summed E-state index contributed by atoms with van der Waals surface area (Å²) < 4.78 is 5.22. The molecule has 1 aliphatic rings. The van der Waals surface area contributed by atoms with Crippen LogP contribution in [-0.2, 0) is 6.42 Å². The van der Waals surface area contributed by atoms with E-state index in [1.54, 1.807) is 13.2 Å². The predicted octanol–water partition coefficient (Wildman–Crippen LogP) is 1.74. The third kappa shape index (κ3) is 2.07. The molecule has 0 bridgehead atoms. The molecule has 3 N–H and O–H groups in total. The number of aromatic hydroxyl groups is 1. The van der Waals surface area contributed by atoms with Gasteiger partial charge in [-0.2, -0.15) is 0 Å². The minimum Gasteiger partial charge on any atom is -0.508 e. The lowest BCUT2D eigenvalue weighted by molar-refractivity contribution is 0.406. The number of nitrogens with two attached hydrogens (primary N) is 1. The molecular formula is C12H17NO2. The van der Waals surface area contributed by atoms with Gasteiger partial charge in [0, 0.05) is 5.54 Å². The molecule has 1 saturated carbocycles. The summed E-state index contributed by atoms with van der Waals surface area (Å²) in [5.41, 5.74) is 7.77. The van der Waals surface area contributed by atoms with Crippen LogP contribution in [0.5, 0.6) is 11.5 Å². The number of rotatable bonds is 3. The Bertz CT molecular complexity index is 383. The van der Waals surface area contributed by atoms with Gasteiger partial charge >= 0.3 is 0 Å². The summed E-state index contributed by atoms with van der Waals surface area (Å²) in [4.78, 5) is 0. The Kier molecular flexibility index (Phi) is 2.35. The Morgan fingerprint density at radius 1 is 1.47 bits per heavy atom. The van der Waals surface area contributed by atoms with E-state index >= 15 is 0 Å². The largest absolute Gasteiger partial charge is 0.508 e. The van der Waals surface area contributed by atoms with Gasteiger partial charge in [0.05, 0.1) is 7.11 Å². The second-order valence-corrected chi connectivity index (χ2v) is 4.49. The second kappa shape index (κ2) is 3.42. The summed E-state index contributed by atoms with van der Waals surface area (Å²) in [6, 6.07) is 3.62. The van der Waals surface area contributed by atoms with E-state index < -0.39 is 0 Å². The smallest absolute Gasteiger partial charge is 0.122 e. The zero-order valence-corrected chi connectivity index (χ0v) is 9.21. The van der Waals surface area contributed by atoms with E-state index in [-0.39, 0.29) is 5.54 Å². The maximum atomic E-state index is 9.79. The fraction of sp³-hybridized carbons (Fsp3) is 0.500. The topological polar surface area (TPSA) is 55.5 Å². The molecule has 0 spiro atoms. The van der Waals surface area contributed by atoms with Crippen LogP contribution in [0.2, 0.25) is 0 Å². The van der Waals surface area contributed by atoms with Gasteiger partial charge < -0.3 is 15.6 Å². The Balaban J connectivity index is 2.29. The first-order valence-electron chi connectivity index (χ1n) is 5.19. The zero-order valence-electron chi connectivity index (χ0n) is 9.21. The van der Waals surface area contributed by atoms with E-state index in [2.05, 4.69) is 0 Å². The molecule has 3 heteroatoms. The Hall–Kier alpha value is -1.22. The van der Waals surface area contributed by atoms with Gasteiger partial charge in [-0.15, -0.1) is 0 Å². The minimum absolute atomic E-state index is 0.0856. The van der Waals surface area contributed by atoms with Gasteiger partial charge in [-0.3, -0.25) is 0 Å². The standard InChI is InChI=1S/C12H17NO2/c1-8-5-10(14)9(6-11(8)15-2)7-12(13)3-4-12/h5-6,14H,3-4,7,13H2,1-2H3. The van der Waals surface area contributed by atoms with Crippen LogP contribution in [0.4, 0.5) is 0 Å². The van der Waals surface area contributed by atoms with Crippen LogP contribution in [0, 0.1) is 6.92 Å². The molecule has 0 radical (unpaired) electrons. The highest BCUT2D eigenvalue weighted by atomic mass is 16.5. The summed E-state index contributed by atoms with van der Waals surface area (Å²) in [6.07, 6.45) is 2.82. The molecule has 0 unspecified atom stereocenters. The van der Waals surface area contributed by atoms with Gasteiger partial charge in [0.2, 0.25) is 0 Å². The fourth-order valence-corrected chi connectivity index (χ4v) is 1.79. The molecular weight excluding hydrogens is 190 g/mol. The Morgan fingerprint density at radius 2 is 2.13 bits per heavy atom. The fourth-order valence-electron chi connectivity index (χ4n) is 1.79. The summed E-state index contributed by atoms with van der Waals surface area (Å²) in [6.45, 7) is 1.91. The highest BCUT2D eigenvalue weighted by Gasteiger charge is 2.38. The van der Waals surface area contributed by atoms with Crippen LogP contribution >= 0.6 is 0 Å². The van der Waals surface area contributed by atoms with Crippen molar-refractivity contribution >= 4 is 0 Å². The monoisotopic (exact) mass is 207 g/mol. The summed E-state index contributed by atoms with van der Waals surface area (Å²) in [7, 11) is 1.64. The first kappa shape index (κ1) is 10.3. The van der Waals surface area contributed by atoms with E-state index in [4.69, 9.17) is 10.5 Å². The molecule has 0 aromatic heterocycles. The van der Waals surface area contributed by atoms with Crippen LogP contribution in [0.3, 0.4) is 0 Å². The van der Waals surface area contributed by atoms with E-state index in [1.165, 1.54) is 0 Å². The number of methoxy groups -OCH3 is 1. The lowest BCUT2D eigenvalue weighted by atomic mass is 10.0. The molecule has 82 valence electrons. The maximum absolute atomic E-state index is 9.79. The number of hydrogen-bond acceptors (Lipinski definition) is 3. The summed E-state index contributed by atoms with van der Waals surface area (Å²) in [5.74, 6) is 1.14. The molecule has 1 aromatic rings. The summed E-state index contributed by atoms with van der Waals surface area (Å²) in [5, 5.41) is 9.79. The number of ether oxygens (including phenoxy) is 1. The van der Waals surface area contributed by atoms with Gasteiger partial charge in [-0.25, -0.2) is 0 Å². The molecule has 0 atom stereocenters. The van der Waals surface area contributed by atoms with Crippen LogP contribution in [0.15, 0.2) is 12.1 Å². The van der Waals surface area contributed by atoms with Crippen molar-refractivity contribution < 1.29 is 9.84 Å². The van der Waals surface area contributed by atoms with E-state index in [0.717, 1.165) is 36.1 Å². The first-order chi connectivity index (χ1) is 7.04. The first-order valence-corrected chi connectivity index (χ1v) is 5.19.